The van der Waals surface area contributed by atoms with Gasteiger partial charge in [-0.3, -0.25) is 4.79 Å². The summed E-state index contributed by atoms with van der Waals surface area (Å²) in [5, 5.41) is 11.9. The molecule has 5 nitrogen and oxygen atoms in total. The van der Waals surface area contributed by atoms with Crippen LogP contribution in [-0.4, -0.2) is 53.7 Å². The average molecular weight is 329 g/mol. The van der Waals surface area contributed by atoms with E-state index in [9.17, 15) is 9.90 Å². The molecule has 4 atom stereocenters. The average Bonchev–Trinajstić information content (AvgIpc) is 2.84. The van der Waals surface area contributed by atoms with Gasteiger partial charge in [-0.15, -0.1) is 0 Å². The number of piperidine rings is 1. The third-order valence-corrected chi connectivity index (χ3v) is 7.32. The number of carbonyl (C=O) groups is 1. The first kappa shape index (κ1) is 14.7. The lowest BCUT2D eigenvalue weighted by Crippen LogP contribution is -2.79. The monoisotopic (exact) mass is 329 g/mol. The molecule has 5 heteroatoms. The molecular weight excluding hydrogens is 306 g/mol. The molecule has 2 aliphatic carbocycles. The molecule has 1 saturated carbocycles. The summed E-state index contributed by atoms with van der Waals surface area (Å²) in [4.78, 5) is 15.2. The first-order valence-corrected chi connectivity index (χ1v) is 8.74. The maximum Gasteiger partial charge on any atom is 0.177 e. The highest BCUT2D eigenvalue weighted by molar-refractivity contribution is 5.94. The SMILES string of the molecule is COc1ccc2c3c1O[C@@]1(C)C(=O)CC[C@@]4(O)[C@@H](C2)N(C)CC[C@]314. The smallest absolute Gasteiger partial charge is 0.177 e. The summed E-state index contributed by atoms with van der Waals surface area (Å²) in [6.45, 7) is 2.74. The number of likely N-dealkylation sites (N-methyl/N-ethyl adjacent to an activating group) is 1. The predicted octanol–water partition coefficient (Wildman–Crippen LogP) is 1.44. The number of nitrogens with zero attached hydrogens (tertiary/aromatic N) is 1. The number of hydrogen-bond acceptors (Lipinski definition) is 5. The number of rotatable bonds is 1. The molecule has 1 aromatic carbocycles. The van der Waals surface area contributed by atoms with Gasteiger partial charge in [0.1, 0.15) is 0 Å². The Morgan fingerprint density at radius 1 is 1.38 bits per heavy atom. The Labute approximate surface area is 141 Å². The number of ether oxygens (including phenoxy) is 2. The molecule has 1 aromatic rings. The van der Waals surface area contributed by atoms with Crippen molar-refractivity contribution in [3.05, 3.63) is 23.3 Å². The summed E-state index contributed by atoms with van der Waals surface area (Å²) in [5.74, 6) is 1.43. The van der Waals surface area contributed by atoms with E-state index in [1.54, 1.807) is 7.11 Å². The molecule has 0 radical (unpaired) electrons. The molecule has 5 rings (SSSR count). The number of Topliss-reactive ketones (excluding diaryl/α,β-unsaturated/α-hetero) is 1. The fourth-order valence-electron chi connectivity index (χ4n) is 6.14. The van der Waals surface area contributed by atoms with Crippen molar-refractivity contribution in [3.8, 4) is 11.5 Å². The molecule has 0 aromatic heterocycles. The lowest BCUT2D eigenvalue weighted by Gasteiger charge is -2.64. The second kappa shape index (κ2) is 4.14. The number of methoxy groups -OCH3 is 1. The van der Waals surface area contributed by atoms with Crippen LogP contribution >= 0.6 is 0 Å². The van der Waals surface area contributed by atoms with Crippen molar-refractivity contribution in [2.75, 3.05) is 20.7 Å². The van der Waals surface area contributed by atoms with Gasteiger partial charge in [0.05, 0.1) is 18.1 Å². The van der Waals surface area contributed by atoms with Crippen molar-refractivity contribution in [1.29, 1.82) is 0 Å². The van der Waals surface area contributed by atoms with Gasteiger partial charge >= 0.3 is 0 Å². The van der Waals surface area contributed by atoms with E-state index in [0.717, 1.165) is 24.9 Å². The minimum Gasteiger partial charge on any atom is -0.493 e. The van der Waals surface area contributed by atoms with Crippen molar-refractivity contribution in [2.24, 2.45) is 0 Å². The van der Waals surface area contributed by atoms with Crippen molar-refractivity contribution >= 4 is 5.78 Å². The second-order valence-corrected chi connectivity index (χ2v) is 7.97. The minimum absolute atomic E-state index is 0.0223. The van der Waals surface area contributed by atoms with Gasteiger partial charge in [0.15, 0.2) is 22.9 Å². The summed E-state index contributed by atoms with van der Waals surface area (Å²) in [6.07, 6.45) is 2.39. The van der Waals surface area contributed by atoms with Crippen LogP contribution in [0.25, 0.3) is 0 Å². The molecule has 1 saturated heterocycles. The van der Waals surface area contributed by atoms with Crippen LogP contribution in [0.1, 0.15) is 37.3 Å². The van der Waals surface area contributed by atoms with E-state index in [1.807, 2.05) is 13.0 Å². The lowest BCUT2D eigenvalue weighted by atomic mass is 9.45. The maximum absolute atomic E-state index is 13.0. The zero-order valence-electron chi connectivity index (χ0n) is 14.4. The van der Waals surface area contributed by atoms with Gasteiger partial charge in [0.2, 0.25) is 0 Å². The first-order valence-electron chi connectivity index (χ1n) is 8.74. The molecule has 2 bridgehead atoms. The number of ketones is 1. The van der Waals surface area contributed by atoms with Crippen LogP contribution in [0.4, 0.5) is 0 Å². The number of hydrogen-bond donors (Lipinski definition) is 1. The number of aliphatic hydroxyl groups is 1. The molecule has 2 heterocycles. The van der Waals surface area contributed by atoms with Crippen LogP contribution in [0.15, 0.2) is 12.1 Å². The molecule has 4 aliphatic rings. The van der Waals surface area contributed by atoms with E-state index in [4.69, 9.17) is 9.47 Å². The third kappa shape index (κ3) is 1.25. The number of carbonyl (C=O) groups excluding carboxylic acids is 1. The standard InChI is InChI=1S/C19H23NO4/c1-17-14(21)6-7-19(22)13-10-11-4-5-12(23-3)16(24-17)15(11)18(17,19)8-9-20(13)2/h4-5,13,22H,6-10H2,1-3H3/t13-,17+,18+,19-/m1/s1. The summed E-state index contributed by atoms with van der Waals surface area (Å²) in [7, 11) is 3.70. The molecule has 24 heavy (non-hydrogen) atoms. The van der Waals surface area contributed by atoms with E-state index in [0.29, 0.717) is 24.3 Å². The Hall–Kier alpha value is -1.59. The zero-order valence-corrected chi connectivity index (χ0v) is 14.4. The van der Waals surface area contributed by atoms with Crippen molar-refractivity contribution in [1.82, 2.24) is 4.90 Å². The molecule has 0 unspecified atom stereocenters. The molecular formula is C19H23NO4. The molecule has 2 fully saturated rings. The number of likely N-dealkylation sites (tertiary alicyclic amines) is 1. The Kier molecular flexibility index (Phi) is 2.54. The van der Waals surface area contributed by atoms with Gasteiger partial charge in [-0.25, -0.2) is 0 Å². The Morgan fingerprint density at radius 3 is 2.92 bits per heavy atom. The summed E-state index contributed by atoms with van der Waals surface area (Å²) < 4.78 is 11.9. The third-order valence-electron chi connectivity index (χ3n) is 7.32. The molecule has 128 valence electrons. The van der Waals surface area contributed by atoms with Crippen LogP contribution in [0.2, 0.25) is 0 Å². The van der Waals surface area contributed by atoms with E-state index in [2.05, 4.69) is 18.0 Å². The highest BCUT2D eigenvalue weighted by atomic mass is 16.5. The molecule has 2 aliphatic heterocycles. The van der Waals surface area contributed by atoms with Crippen LogP contribution in [-0.2, 0) is 16.6 Å². The van der Waals surface area contributed by atoms with Gasteiger partial charge in [-0.05, 0) is 51.4 Å². The van der Waals surface area contributed by atoms with E-state index in [-0.39, 0.29) is 11.8 Å². The topological polar surface area (TPSA) is 59.0 Å². The van der Waals surface area contributed by atoms with Crippen molar-refractivity contribution < 1.29 is 19.4 Å². The van der Waals surface area contributed by atoms with E-state index in [1.165, 1.54) is 5.56 Å². The Morgan fingerprint density at radius 2 is 2.17 bits per heavy atom. The summed E-state index contributed by atoms with van der Waals surface area (Å²) >= 11 is 0. The molecule has 1 N–H and O–H groups in total. The Balaban J connectivity index is 1.90. The lowest BCUT2D eigenvalue weighted by molar-refractivity contribution is -0.206. The molecule has 1 spiro atoms. The molecule has 0 amide bonds. The minimum atomic E-state index is -1.01. The largest absolute Gasteiger partial charge is 0.493 e. The fraction of sp³-hybridized carbons (Fsp3) is 0.632. The van der Waals surface area contributed by atoms with Crippen LogP contribution in [0.5, 0.6) is 11.5 Å². The highest BCUT2D eigenvalue weighted by Crippen LogP contribution is 2.68. The highest BCUT2D eigenvalue weighted by Gasteiger charge is 2.77. The number of benzene rings is 1. The predicted molar refractivity (Wildman–Crippen MR) is 87.6 cm³/mol. The van der Waals surface area contributed by atoms with Gasteiger partial charge < -0.3 is 19.5 Å². The fourth-order valence-corrected chi connectivity index (χ4v) is 6.14. The van der Waals surface area contributed by atoms with Gasteiger partial charge in [-0.1, -0.05) is 6.07 Å². The van der Waals surface area contributed by atoms with Crippen molar-refractivity contribution in [2.45, 2.75) is 55.3 Å². The maximum atomic E-state index is 13.0. The summed E-state index contributed by atoms with van der Waals surface area (Å²) in [6, 6.07) is 4.03. The van der Waals surface area contributed by atoms with Gasteiger partial charge in [0.25, 0.3) is 0 Å². The van der Waals surface area contributed by atoms with Crippen LogP contribution in [0.3, 0.4) is 0 Å². The van der Waals surface area contributed by atoms with Crippen LogP contribution < -0.4 is 9.47 Å². The van der Waals surface area contributed by atoms with Crippen LogP contribution in [0, 0.1) is 0 Å². The normalized spacial score (nSPS) is 42.5. The first-order chi connectivity index (χ1) is 11.4. The Bertz CT molecular complexity index is 777. The van der Waals surface area contributed by atoms with Gasteiger partial charge in [-0.2, -0.15) is 0 Å². The second-order valence-electron chi connectivity index (χ2n) is 7.97. The van der Waals surface area contributed by atoms with E-state index < -0.39 is 16.6 Å². The van der Waals surface area contributed by atoms with Gasteiger partial charge in [0, 0.05) is 18.0 Å². The quantitative estimate of drug-likeness (QED) is 0.845. The van der Waals surface area contributed by atoms with Crippen molar-refractivity contribution in [3.63, 3.8) is 0 Å². The van der Waals surface area contributed by atoms with E-state index >= 15 is 0 Å². The summed E-state index contributed by atoms with van der Waals surface area (Å²) in [5.41, 5.74) is -0.391. The zero-order chi connectivity index (χ0) is 16.9.